The van der Waals surface area contributed by atoms with Crippen molar-refractivity contribution in [3.05, 3.63) is 0 Å². The molecule has 2 aliphatic rings. The molecule has 1 atom stereocenters. The molecular weight excluding hydrogens is 516 g/mol. The molecule has 1 unspecified atom stereocenters. The molecule has 10 heteroatoms. The molecule has 2 heterocycles. The van der Waals surface area contributed by atoms with Gasteiger partial charge in [0.2, 0.25) is 0 Å². The zero-order chi connectivity index (χ0) is 26.8. The maximum Gasteiger partial charge on any atom is 0.407 e. The molecule has 0 aromatic carbocycles. The molecule has 0 aliphatic carbocycles. The lowest BCUT2D eigenvalue weighted by molar-refractivity contribution is -0.262. The molecule has 0 aromatic rings. The van der Waals surface area contributed by atoms with Crippen molar-refractivity contribution in [2.75, 3.05) is 32.1 Å². The highest BCUT2D eigenvalue weighted by Gasteiger charge is 2.47. The molecule has 2 fully saturated rings. The minimum absolute atomic E-state index is 0.0547. The number of nitrogens with zero attached hydrogens (tertiary/aromatic N) is 3. The van der Waals surface area contributed by atoms with E-state index >= 15 is 0 Å². The summed E-state index contributed by atoms with van der Waals surface area (Å²) in [7, 11) is 2.05. The van der Waals surface area contributed by atoms with Gasteiger partial charge in [0.25, 0.3) is 0 Å². The molecule has 2 rings (SSSR count). The minimum atomic E-state index is -0.455. The third kappa shape index (κ3) is 7.99. The summed E-state index contributed by atoms with van der Waals surface area (Å²) in [6, 6.07) is 0.218. The number of piperidine rings is 2. The number of nitrogens with one attached hydrogen (secondary N) is 1. The van der Waals surface area contributed by atoms with E-state index in [0.29, 0.717) is 31.3 Å². The fourth-order valence-electron chi connectivity index (χ4n) is 6.01. The number of hydroxylamine groups is 4. The molecule has 1 amide bonds. The van der Waals surface area contributed by atoms with Gasteiger partial charge in [0.05, 0.1) is 12.7 Å². The molecule has 2 aliphatic heterocycles. The summed E-state index contributed by atoms with van der Waals surface area (Å²) in [5.41, 5.74) is -1.56. The molecule has 2 saturated heterocycles. The number of ether oxygens (including phenoxy) is 2. The Kier molecular flexibility index (Phi) is 10.1. The average molecular weight is 566 g/mol. The third-order valence-electron chi connectivity index (χ3n) is 7.49. The molecular formula is C25H49BrN4O5. The summed E-state index contributed by atoms with van der Waals surface area (Å²) in [6.45, 7) is 17.5. The van der Waals surface area contributed by atoms with Gasteiger partial charge in [0.15, 0.2) is 0 Å². The molecule has 0 aromatic heterocycles. The highest BCUT2D eigenvalue weighted by atomic mass is 79.9. The van der Waals surface area contributed by atoms with E-state index in [1.807, 2.05) is 34.7 Å². The molecule has 0 saturated carbocycles. The number of halogens is 1. The van der Waals surface area contributed by atoms with Crippen LogP contribution in [0.3, 0.4) is 0 Å². The Bertz CT molecular complexity index is 682. The summed E-state index contributed by atoms with van der Waals surface area (Å²) < 4.78 is 12.1. The number of likely N-dealkylation sites (N-methyl/N-ethyl adjacent to an activating group) is 1. The second-order valence-corrected chi connectivity index (χ2v) is 13.7. The summed E-state index contributed by atoms with van der Waals surface area (Å²) in [5, 5.41) is 27.6. The molecule has 0 spiro atoms. The fourth-order valence-corrected chi connectivity index (χ4v) is 6.20. The van der Waals surface area contributed by atoms with Crippen molar-refractivity contribution in [1.82, 2.24) is 20.3 Å². The Morgan fingerprint density at radius 1 is 0.971 bits per heavy atom. The van der Waals surface area contributed by atoms with Gasteiger partial charge in [0.1, 0.15) is 6.10 Å². The number of alkyl carbamates (subject to hydrolysis) is 1. The van der Waals surface area contributed by atoms with E-state index in [9.17, 15) is 15.2 Å². The Morgan fingerprint density at radius 2 is 1.43 bits per heavy atom. The van der Waals surface area contributed by atoms with Crippen molar-refractivity contribution in [3.8, 4) is 0 Å². The van der Waals surface area contributed by atoms with Gasteiger partial charge in [-0.2, -0.15) is 10.1 Å². The largest absolute Gasteiger partial charge is 0.442 e. The van der Waals surface area contributed by atoms with Crippen molar-refractivity contribution in [3.63, 3.8) is 0 Å². The first-order valence-electron chi connectivity index (χ1n) is 12.7. The standard InChI is InChI=1S/C25H49BrN4O5/c1-22(2)12-18(13-23(3,4)29(22)32)28(9)16-20(35-21(31)27-11-10-26)17-34-19-14-24(5,6)30(33)25(7,8)15-19/h18-20,32-33H,10-17H2,1-9H3,(H,27,31). The zero-order valence-corrected chi connectivity index (χ0v) is 24.8. The van der Waals surface area contributed by atoms with Crippen molar-refractivity contribution < 1.29 is 24.7 Å². The van der Waals surface area contributed by atoms with E-state index in [-0.39, 0.29) is 29.8 Å². The lowest BCUT2D eigenvalue weighted by Crippen LogP contribution is -2.63. The Labute approximate surface area is 220 Å². The normalized spacial score (nSPS) is 26.0. The van der Waals surface area contributed by atoms with Crippen LogP contribution in [0.2, 0.25) is 0 Å². The number of rotatable bonds is 9. The Balaban J connectivity index is 2.09. The molecule has 9 nitrogen and oxygen atoms in total. The van der Waals surface area contributed by atoms with E-state index < -0.39 is 23.3 Å². The number of carbonyl (C=O) groups is 1. The number of hydrogen-bond donors (Lipinski definition) is 3. The average Bonchev–Trinajstić information content (AvgIpc) is 2.71. The third-order valence-corrected chi connectivity index (χ3v) is 7.89. The van der Waals surface area contributed by atoms with Crippen LogP contribution < -0.4 is 5.32 Å². The molecule has 0 radical (unpaired) electrons. The molecule has 35 heavy (non-hydrogen) atoms. The smallest absolute Gasteiger partial charge is 0.407 e. The van der Waals surface area contributed by atoms with Crippen LogP contribution in [0.5, 0.6) is 0 Å². The van der Waals surface area contributed by atoms with Crippen LogP contribution in [0, 0.1) is 0 Å². The van der Waals surface area contributed by atoms with Gasteiger partial charge >= 0.3 is 6.09 Å². The lowest BCUT2D eigenvalue weighted by Gasteiger charge is -2.53. The predicted octanol–water partition coefficient (Wildman–Crippen LogP) is 4.25. The zero-order valence-electron chi connectivity index (χ0n) is 23.2. The van der Waals surface area contributed by atoms with Crippen LogP contribution in [-0.4, -0.2) is 104 Å². The second kappa shape index (κ2) is 11.5. The van der Waals surface area contributed by atoms with Crippen LogP contribution in [0.1, 0.15) is 81.1 Å². The van der Waals surface area contributed by atoms with Gasteiger partial charge in [-0.15, -0.1) is 0 Å². The van der Waals surface area contributed by atoms with E-state index in [0.717, 1.165) is 12.8 Å². The first kappa shape index (κ1) is 30.7. The van der Waals surface area contributed by atoms with Crippen molar-refractivity contribution in [2.45, 2.75) is 121 Å². The maximum atomic E-state index is 12.4. The fraction of sp³-hybridized carbons (Fsp3) is 0.960. The SMILES string of the molecule is CN(CC(COC1CC(C)(C)N(O)C(C)(C)C1)OC(=O)NCCBr)C1CC(C)(C)N(O)C(C)(C)C1. The van der Waals surface area contributed by atoms with Crippen LogP contribution in [0.15, 0.2) is 0 Å². The minimum Gasteiger partial charge on any atom is -0.442 e. The Hall–Kier alpha value is -0.490. The quantitative estimate of drug-likeness (QED) is 0.357. The summed E-state index contributed by atoms with van der Waals surface area (Å²) in [4.78, 5) is 14.6. The topological polar surface area (TPSA) is 97.7 Å². The van der Waals surface area contributed by atoms with E-state index in [1.54, 1.807) is 0 Å². The van der Waals surface area contributed by atoms with Crippen molar-refractivity contribution >= 4 is 22.0 Å². The number of carbonyl (C=O) groups excluding carboxylic acids is 1. The van der Waals surface area contributed by atoms with Gasteiger partial charge < -0.3 is 25.2 Å². The van der Waals surface area contributed by atoms with Gasteiger partial charge in [-0.3, -0.25) is 4.90 Å². The summed E-state index contributed by atoms with van der Waals surface area (Å²) in [5.74, 6) is 0. The maximum absolute atomic E-state index is 12.4. The molecule has 0 bridgehead atoms. The highest BCUT2D eigenvalue weighted by molar-refractivity contribution is 9.09. The van der Waals surface area contributed by atoms with Crippen LogP contribution >= 0.6 is 15.9 Å². The predicted molar refractivity (Wildman–Crippen MR) is 140 cm³/mol. The van der Waals surface area contributed by atoms with Gasteiger partial charge in [-0.05, 0) is 88.1 Å². The van der Waals surface area contributed by atoms with Gasteiger partial charge in [-0.25, -0.2) is 4.79 Å². The van der Waals surface area contributed by atoms with Crippen molar-refractivity contribution in [2.24, 2.45) is 0 Å². The van der Waals surface area contributed by atoms with E-state index in [1.165, 1.54) is 10.1 Å². The van der Waals surface area contributed by atoms with E-state index in [4.69, 9.17) is 9.47 Å². The first-order valence-corrected chi connectivity index (χ1v) is 13.8. The summed E-state index contributed by atoms with van der Waals surface area (Å²) in [6.07, 6.45) is 2.00. The van der Waals surface area contributed by atoms with Crippen LogP contribution in [0.25, 0.3) is 0 Å². The van der Waals surface area contributed by atoms with Gasteiger partial charge in [-0.1, -0.05) is 15.9 Å². The van der Waals surface area contributed by atoms with Gasteiger partial charge in [0, 0.05) is 46.6 Å². The van der Waals surface area contributed by atoms with Crippen LogP contribution in [0.4, 0.5) is 4.79 Å². The first-order chi connectivity index (χ1) is 15.9. The number of hydrogen-bond acceptors (Lipinski definition) is 8. The Morgan fingerprint density at radius 3 is 1.89 bits per heavy atom. The van der Waals surface area contributed by atoms with Crippen LogP contribution in [-0.2, 0) is 9.47 Å². The highest BCUT2D eigenvalue weighted by Crippen LogP contribution is 2.39. The number of alkyl halides is 1. The molecule has 206 valence electrons. The monoisotopic (exact) mass is 564 g/mol. The van der Waals surface area contributed by atoms with Crippen molar-refractivity contribution in [1.29, 1.82) is 0 Å². The van der Waals surface area contributed by atoms with E-state index in [2.05, 4.69) is 53.8 Å². The number of amides is 1. The molecule has 3 N–H and O–H groups in total. The summed E-state index contributed by atoms with van der Waals surface area (Å²) >= 11 is 3.32. The second-order valence-electron chi connectivity index (χ2n) is 12.9. The lowest BCUT2D eigenvalue weighted by atomic mass is 9.78.